The van der Waals surface area contributed by atoms with Crippen LogP contribution in [-0.2, 0) is 6.54 Å². The van der Waals surface area contributed by atoms with E-state index in [9.17, 15) is 9.59 Å². The van der Waals surface area contributed by atoms with Crippen molar-refractivity contribution in [1.82, 2.24) is 15.1 Å². The molecule has 6 heteroatoms. The third-order valence-corrected chi connectivity index (χ3v) is 3.78. The predicted molar refractivity (Wildman–Crippen MR) is 88.8 cm³/mol. The minimum Gasteiger partial charge on any atom is -0.344 e. The van der Waals surface area contributed by atoms with E-state index in [4.69, 9.17) is 0 Å². The molecule has 0 bridgehead atoms. The first-order valence-corrected chi connectivity index (χ1v) is 7.95. The Kier molecular flexibility index (Phi) is 5.49. The van der Waals surface area contributed by atoms with Gasteiger partial charge in [-0.2, -0.15) is 5.10 Å². The highest BCUT2D eigenvalue weighted by atomic mass is 79.9. The van der Waals surface area contributed by atoms with Crippen molar-refractivity contribution in [3.63, 3.8) is 0 Å². The number of nitrogens with zero attached hydrogens (tertiary/aromatic N) is 2. The second-order valence-corrected chi connectivity index (χ2v) is 5.94. The molecular weight excluding hydrogens is 346 g/mol. The second kappa shape index (κ2) is 7.35. The van der Waals surface area contributed by atoms with Gasteiger partial charge in [-0.1, -0.05) is 35.0 Å². The molecule has 1 aromatic carbocycles. The number of amides is 1. The molecule has 0 aliphatic heterocycles. The average Bonchev–Trinajstić information content (AvgIpc) is 2.50. The number of halogens is 1. The van der Waals surface area contributed by atoms with Crippen molar-refractivity contribution in [3.8, 4) is 0 Å². The molecule has 2 aromatic rings. The highest BCUT2D eigenvalue weighted by Gasteiger charge is 2.13. The van der Waals surface area contributed by atoms with Crippen molar-refractivity contribution in [2.45, 2.75) is 32.9 Å². The summed E-state index contributed by atoms with van der Waals surface area (Å²) in [5.74, 6) is -0.291. The van der Waals surface area contributed by atoms with E-state index in [-0.39, 0.29) is 23.2 Å². The Hall–Kier alpha value is -1.95. The van der Waals surface area contributed by atoms with Gasteiger partial charge < -0.3 is 5.32 Å². The van der Waals surface area contributed by atoms with Gasteiger partial charge in [0.1, 0.15) is 5.69 Å². The summed E-state index contributed by atoms with van der Waals surface area (Å²) in [6.45, 7) is 4.36. The SMILES string of the molecule is CCCn1nc(C(=O)NC(C)c2ccc(Br)cc2)ccc1=O. The van der Waals surface area contributed by atoms with Crippen LogP contribution in [0.15, 0.2) is 45.7 Å². The maximum Gasteiger partial charge on any atom is 0.272 e. The third kappa shape index (κ3) is 4.04. The molecule has 116 valence electrons. The standard InChI is InChI=1S/C16H18BrN3O2/c1-3-10-20-15(21)9-8-14(19-20)16(22)18-11(2)12-4-6-13(17)7-5-12/h4-9,11H,3,10H2,1-2H3,(H,18,22). The third-order valence-electron chi connectivity index (χ3n) is 3.25. The summed E-state index contributed by atoms with van der Waals surface area (Å²) in [6.07, 6.45) is 0.785. The summed E-state index contributed by atoms with van der Waals surface area (Å²) >= 11 is 3.38. The zero-order valence-electron chi connectivity index (χ0n) is 12.5. The summed E-state index contributed by atoms with van der Waals surface area (Å²) in [4.78, 5) is 23.9. The van der Waals surface area contributed by atoms with Gasteiger partial charge in [0.2, 0.25) is 0 Å². The van der Waals surface area contributed by atoms with E-state index < -0.39 is 0 Å². The number of hydrogen-bond acceptors (Lipinski definition) is 3. The maximum atomic E-state index is 12.3. The second-order valence-electron chi connectivity index (χ2n) is 5.03. The van der Waals surface area contributed by atoms with Crippen molar-refractivity contribution < 1.29 is 4.79 Å². The summed E-state index contributed by atoms with van der Waals surface area (Å²) in [7, 11) is 0. The van der Waals surface area contributed by atoms with Gasteiger partial charge in [0.15, 0.2) is 0 Å². The fourth-order valence-electron chi connectivity index (χ4n) is 2.05. The minimum absolute atomic E-state index is 0.144. The van der Waals surface area contributed by atoms with Crippen LogP contribution in [0.2, 0.25) is 0 Å². The van der Waals surface area contributed by atoms with Crippen molar-refractivity contribution >= 4 is 21.8 Å². The molecule has 5 nitrogen and oxygen atoms in total. The van der Waals surface area contributed by atoms with Crippen LogP contribution in [0.1, 0.15) is 42.4 Å². The normalized spacial score (nSPS) is 12.0. The molecule has 0 aliphatic carbocycles. The number of hydrogen-bond donors (Lipinski definition) is 1. The van der Waals surface area contributed by atoms with Gasteiger partial charge in [-0.25, -0.2) is 4.68 Å². The molecule has 0 fully saturated rings. The summed E-state index contributed by atoms with van der Waals surface area (Å²) in [5.41, 5.74) is 1.05. The number of aromatic nitrogens is 2. The lowest BCUT2D eigenvalue weighted by molar-refractivity contribution is 0.0932. The van der Waals surface area contributed by atoms with Crippen LogP contribution in [0.4, 0.5) is 0 Å². The van der Waals surface area contributed by atoms with Crippen LogP contribution in [0.25, 0.3) is 0 Å². The van der Waals surface area contributed by atoms with E-state index >= 15 is 0 Å². The zero-order valence-corrected chi connectivity index (χ0v) is 14.1. The Labute approximate surface area is 137 Å². The lowest BCUT2D eigenvalue weighted by Gasteiger charge is -2.14. The van der Waals surface area contributed by atoms with Crippen LogP contribution in [0, 0.1) is 0 Å². The van der Waals surface area contributed by atoms with Gasteiger partial charge in [0.25, 0.3) is 11.5 Å². The Balaban J connectivity index is 2.13. The predicted octanol–water partition coefficient (Wildman–Crippen LogP) is 2.91. The molecule has 1 atom stereocenters. The number of carbonyl (C=O) groups excluding carboxylic acids is 1. The first kappa shape index (κ1) is 16.4. The molecule has 1 amide bonds. The van der Waals surface area contributed by atoms with E-state index in [1.165, 1.54) is 16.8 Å². The molecule has 0 saturated carbocycles. The number of nitrogens with one attached hydrogen (secondary N) is 1. The Morgan fingerprint density at radius 2 is 1.95 bits per heavy atom. The van der Waals surface area contributed by atoms with E-state index in [0.717, 1.165) is 16.5 Å². The Morgan fingerprint density at radius 3 is 2.59 bits per heavy atom. The van der Waals surface area contributed by atoms with Crippen molar-refractivity contribution in [3.05, 3.63) is 62.5 Å². The minimum atomic E-state index is -0.291. The first-order chi connectivity index (χ1) is 10.5. The lowest BCUT2D eigenvalue weighted by Crippen LogP contribution is -2.31. The summed E-state index contributed by atoms with van der Waals surface area (Å²) in [6, 6.07) is 10.4. The van der Waals surface area contributed by atoms with Gasteiger partial charge in [-0.05, 0) is 37.1 Å². The van der Waals surface area contributed by atoms with Crippen LogP contribution in [-0.4, -0.2) is 15.7 Å². The summed E-state index contributed by atoms with van der Waals surface area (Å²) < 4.78 is 2.31. The smallest absolute Gasteiger partial charge is 0.272 e. The number of rotatable bonds is 5. The Bertz CT molecular complexity index is 710. The van der Waals surface area contributed by atoms with Crippen molar-refractivity contribution in [2.75, 3.05) is 0 Å². The van der Waals surface area contributed by atoms with Crippen LogP contribution in [0.3, 0.4) is 0 Å². The van der Waals surface area contributed by atoms with E-state index in [2.05, 4.69) is 26.3 Å². The van der Waals surface area contributed by atoms with Crippen LogP contribution < -0.4 is 10.9 Å². The van der Waals surface area contributed by atoms with E-state index in [1.807, 2.05) is 38.1 Å². The average molecular weight is 364 g/mol. The number of carbonyl (C=O) groups is 1. The molecular formula is C16H18BrN3O2. The molecule has 22 heavy (non-hydrogen) atoms. The quantitative estimate of drug-likeness (QED) is 0.887. The molecule has 2 rings (SSSR count). The number of aryl methyl sites for hydroxylation is 1. The van der Waals surface area contributed by atoms with Gasteiger partial charge >= 0.3 is 0 Å². The van der Waals surface area contributed by atoms with Crippen molar-refractivity contribution in [1.29, 1.82) is 0 Å². The maximum absolute atomic E-state index is 12.3. The largest absolute Gasteiger partial charge is 0.344 e. The number of benzene rings is 1. The molecule has 0 spiro atoms. The molecule has 0 aliphatic rings. The van der Waals surface area contributed by atoms with Crippen LogP contribution >= 0.6 is 15.9 Å². The van der Waals surface area contributed by atoms with Gasteiger partial charge in [-0.3, -0.25) is 9.59 Å². The molecule has 1 N–H and O–H groups in total. The van der Waals surface area contributed by atoms with Crippen LogP contribution in [0.5, 0.6) is 0 Å². The first-order valence-electron chi connectivity index (χ1n) is 7.15. The van der Waals surface area contributed by atoms with E-state index in [1.54, 1.807) is 0 Å². The monoisotopic (exact) mass is 363 g/mol. The van der Waals surface area contributed by atoms with E-state index in [0.29, 0.717) is 6.54 Å². The topological polar surface area (TPSA) is 64.0 Å². The molecule has 1 aromatic heterocycles. The molecule has 0 saturated heterocycles. The van der Waals surface area contributed by atoms with Gasteiger partial charge in [-0.15, -0.1) is 0 Å². The van der Waals surface area contributed by atoms with Gasteiger partial charge in [0, 0.05) is 17.1 Å². The highest BCUT2D eigenvalue weighted by molar-refractivity contribution is 9.10. The Morgan fingerprint density at radius 1 is 1.27 bits per heavy atom. The molecule has 0 radical (unpaired) electrons. The van der Waals surface area contributed by atoms with Crippen molar-refractivity contribution in [2.24, 2.45) is 0 Å². The van der Waals surface area contributed by atoms with Gasteiger partial charge in [0.05, 0.1) is 6.04 Å². The lowest BCUT2D eigenvalue weighted by atomic mass is 10.1. The summed E-state index contributed by atoms with van der Waals surface area (Å²) in [5, 5.41) is 7.00. The molecule has 1 heterocycles. The highest BCUT2D eigenvalue weighted by Crippen LogP contribution is 2.16. The fourth-order valence-corrected chi connectivity index (χ4v) is 2.31. The molecule has 1 unspecified atom stereocenters. The zero-order chi connectivity index (χ0) is 16.1. The fraction of sp³-hybridized carbons (Fsp3) is 0.312.